The van der Waals surface area contributed by atoms with Crippen molar-refractivity contribution in [1.82, 2.24) is 0 Å². The molecule has 5 heteroatoms. The summed E-state index contributed by atoms with van der Waals surface area (Å²) in [7, 11) is -3.49. The molecule has 1 atom stereocenters. The zero-order valence-electron chi connectivity index (χ0n) is 8.57. The van der Waals surface area contributed by atoms with Gasteiger partial charge in [0, 0.05) is 0 Å². The fourth-order valence-corrected chi connectivity index (χ4v) is 1.88. The quantitative estimate of drug-likeness (QED) is 0.685. The van der Waals surface area contributed by atoms with Crippen molar-refractivity contribution in [2.75, 3.05) is 6.26 Å². The second-order valence-electron chi connectivity index (χ2n) is 3.25. The van der Waals surface area contributed by atoms with Gasteiger partial charge in [0.1, 0.15) is 6.10 Å². The van der Waals surface area contributed by atoms with Crippen molar-refractivity contribution < 1.29 is 17.7 Å². The highest BCUT2D eigenvalue weighted by molar-refractivity contribution is 7.86. The van der Waals surface area contributed by atoms with Crippen LogP contribution in [0.5, 0.6) is 0 Å². The normalized spacial score (nSPS) is 15.8. The van der Waals surface area contributed by atoms with E-state index in [2.05, 4.69) is 0 Å². The maximum Gasteiger partial charge on any atom is 0.264 e. The van der Waals surface area contributed by atoms with Gasteiger partial charge in [-0.15, -0.1) is 0 Å². The molecule has 1 N–H and O–H groups in total. The van der Waals surface area contributed by atoms with Crippen molar-refractivity contribution in [3.05, 3.63) is 0 Å². The lowest BCUT2D eigenvalue weighted by molar-refractivity contribution is -0.0561. The molecule has 0 aromatic rings. The van der Waals surface area contributed by atoms with Gasteiger partial charge in [0.25, 0.3) is 10.1 Å². The topological polar surface area (TPSA) is 63.6 Å². The third kappa shape index (κ3) is 4.06. The van der Waals surface area contributed by atoms with E-state index in [0.717, 1.165) is 6.26 Å². The lowest BCUT2D eigenvalue weighted by Gasteiger charge is -2.30. The molecule has 0 heterocycles. The third-order valence-electron chi connectivity index (χ3n) is 2.30. The van der Waals surface area contributed by atoms with Crippen LogP contribution >= 0.6 is 0 Å². The molecule has 0 saturated heterocycles. The minimum atomic E-state index is -3.49. The molecule has 1 unspecified atom stereocenters. The van der Waals surface area contributed by atoms with E-state index < -0.39 is 21.8 Å². The van der Waals surface area contributed by atoms with Crippen LogP contribution in [0.3, 0.4) is 0 Å². The smallest absolute Gasteiger partial charge is 0.264 e. The molecule has 0 aliphatic heterocycles. The zero-order valence-corrected chi connectivity index (χ0v) is 9.39. The molecule has 0 bridgehead atoms. The molecule has 0 radical (unpaired) electrons. The van der Waals surface area contributed by atoms with Crippen molar-refractivity contribution >= 4 is 10.1 Å². The highest BCUT2D eigenvalue weighted by Crippen LogP contribution is 2.22. The molecule has 0 aliphatic rings. The van der Waals surface area contributed by atoms with Crippen molar-refractivity contribution in [3.8, 4) is 0 Å². The van der Waals surface area contributed by atoms with E-state index in [1.807, 2.05) is 0 Å². The first kappa shape index (κ1) is 12.9. The average molecular weight is 210 g/mol. The first-order chi connectivity index (χ1) is 5.75. The van der Waals surface area contributed by atoms with Gasteiger partial charge in [-0.2, -0.15) is 8.42 Å². The van der Waals surface area contributed by atoms with Gasteiger partial charge >= 0.3 is 0 Å². The molecule has 4 nitrogen and oxygen atoms in total. The van der Waals surface area contributed by atoms with E-state index in [-0.39, 0.29) is 0 Å². The van der Waals surface area contributed by atoms with Crippen LogP contribution < -0.4 is 0 Å². The SMILES string of the molecule is CCC(O)(CC)C(C)OS(C)(=O)=O. The van der Waals surface area contributed by atoms with Crippen molar-refractivity contribution in [2.24, 2.45) is 0 Å². The Morgan fingerprint density at radius 1 is 1.38 bits per heavy atom. The molecular weight excluding hydrogens is 192 g/mol. The Hall–Kier alpha value is -0.130. The molecule has 13 heavy (non-hydrogen) atoms. The predicted molar refractivity (Wildman–Crippen MR) is 50.9 cm³/mol. The lowest BCUT2D eigenvalue weighted by Crippen LogP contribution is -2.41. The molecule has 80 valence electrons. The van der Waals surface area contributed by atoms with E-state index in [1.54, 1.807) is 20.8 Å². The molecule has 0 spiro atoms. The summed E-state index contributed by atoms with van der Waals surface area (Å²) in [6.07, 6.45) is 1.23. The minimum absolute atomic E-state index is 0.472. The summed E-state index contributed by atoms with van der Waals surface area (Å²) in [4.78, 5) is 0. The van der Waals surface area contributed by atoms with Gasteiger partial charge < -0.3 is 5.11 Å². The van der Waals surface area contributed by atoms with Crippen molar-refractivity contribution in [2.45, 2.75) is 45.3 Å². The highest BCUT2D eigenvalue weighted by Gasteiger charge is 2.32. The summed E-state index contributed by atoms with van der Waals surface area (Å²) in [5.41, 5.74) is -1.05. The van der Waals surface area contributed by atoms with Gasteiger partial charge in [0.15, 0.2) is 0 Å². The summed E-state index contributed by atoms with van der Waals surface area (Å²) < 4.78 is 26.3. The van der Waals surface area contributed by atoms with Crippen LogP contribution in [0, 0.1) is 0 Å². The number of aliphatic hydroxyl groups is 1. The van der Waals surface area contributed by atoms with Crippen LogP contribution in [-0.2, 0) is 14.3 Å². The summed E-state index contributed by atoms with van der Waals surface area (Å²) in [5.74, 6) is 0. The van der Waals surface area contributed by atoms with E-state index in [0.29, 0.717) is 12.8 Å². The maximum absolute atomic E-state index is 10.8. The number of rotatable bonds is 5. The summed E-state index contributed by atoms with van der Waals surface area (Å²) in [6.45, 7) is 5.16. The monoisotopic (exact) mass is 210 g/mol. The Labute approximate surface area is 80.0 Å². The Bertz CT molecular complexity index is 241. The van der Waals surface area contributed by atoms with Crippen molar-refractivity contribution in [1.29, 1.82) is 0 Å². The van der Waals surface area contributed by atoms with Gasteiger partial charge in [0.05, 0.1) is 11.9 Å². The van der Waals surface area contributed by atoms with E-state index in [1.165, 1.54) is 0 Å². The van der Waals surface area contributed by atoms with Crippen LogP contribution in [0.4, 0.5) is 0 Å². The maximum atomic E-state index is 10.8. The summed E-state index contributed by atoms with van der Waals surface area (Å²) in [5, 5.41) is 9.87. The molecular formula is C8H18O4S. The molecule has 0 rings (SSSR count). The zero-order chi connectivity index (χ0) is 10.7. The highest BCUT2D eigenvalue weighted by atomic mass is 32.2. The Balaban J connectivity index is 4.49. The second-order valence-corrected chi connectivity index (χ2v) is 4.85. The van der Waals surface area contributed by atoms with Gasteiger partial charge in [0.2, 0.25) is 0 Å². The number of hydrogen-bond acceptors (Lipinski definition) is 4. The Kier molecular flexibility index (Phi) is 4.35. The molecule has 0 amide bonds. The standard InChI is InChI=1S/C8H18O4S/c1-5-8(9,6-2)7(3)12-13(4,10)11/h7,9H,5-6H2,1-4H3. The fraction of sp³-hybridized carbons (Fsp3) is 1.00. The molecule has 0 fully saturated rings. The van der Waals surface area contributed by atoms with Gasteiger partial charge in [-0.05, 0) is 19.8 Å². The van der Waals surface area contributed by atoms with Crippen LogP contribution in [-0.4, -0.2) is 31.5 Å². The van der Waals surface area contributed by atoms with Gasteiger partial charge in [-0.3, -0.25) is 4.18 Å². The van der Waals surface area contributed by atoms with E-state index >= 15 is 0 Å². The Morgan fingerprint density at radius 2 is 1.77 bits per heavy atom. The van der Waals surface area contributed by atoms with E-state index in [9.17, 15) is 13.5 Å². The summed E-state index contributed by atoms with van der Waals surface area (Å²) in [6, 6.07) is 0. The van der Waals surface area contributed by atoms with Crippen LogP contribution in [0.2, 0.25) is 0 Å². The minimum Gasteiger partial charge on any atom is -0.387 e. The lowest BCUT2D eigenvalue weighted by atomic mass is 9.92. The number of hydrogen-bond donors (Lipinski definition) is 1. The van der Waals surface area contributed by atoms with Crippen LogP contribution in [0.1, 0.15) is 33.6 Å². The fourth-order valence-electron chi connectivity index (χ4n) is 1.18. The first-order valence-corrected chi connectivity index (χ1v) is 6.17. The first-order valence-electron chi connectivity index (χ1n) is 4.35. The van der Waals surface area contributed by atoms with Crippen LogP contribution in [0.25, 0.3) is 0 Å². The third-order valence-corrected chi connectivity index (χ3v) is 2.94. The molecule has 0 aliphatic carbocycles. The molecule has 0 aromatic carbocycles. The van der Waals surface area contributed by atoms with Crippen molar-refractivity contribution in [3.63, 3.8) is 0 Å². The predicted octanol–water partition coefficient (Wildman–Crippen LogP) is 0.902. The van der Waals surface area contributed by atoms with Crippen LogP contribution in [0.15, 0.2) is 0 Å². The largest absolute Gasteiger partial charge is 0.387 e. The Morgan fingerprint density at radius 3 is 2.00 bits per heavy atom. The average Bonchev–Trinajstić information content (AvgIpc) is 2.00. The summed E-state index contributed by atoms with van der Waals surface area (Å²) >= 11 is 0. The van der Waals surface area contributed by atoms with Gasteiger partial charge in [-0.25, -0.2) is 0 Å². The molecule has 0 saturated carbocycles. The van der Waals surface area contributed by atoms with Gasteiger partial charge in [-0.1, -0.05) is 13.8 Å². The van der Waals surface area contributed by atoms with E-state index in [4.69, 9.17) is 4.18 Å². The second kappa shape index (κ2) is 4.39. The molecule has 0 aromatic heterocycles.